The van der Waals surface area contributed by atoms with E-state index in [2.05, 4.69) is 11.4 Å². The summed E-state index contributed by atoms with van der Waals surface area (Å²) in [6, 6.07) is 4.17. The van der Waals surface area contributed by atoms with E-state index in [1.807, 2.05) is 18.4 Å². The molecule has 0 saturated carbocycles. The molecular formula is C15H16N2O3S2. The molecule has 0 spiro atoms. The van der Waals surface area contributed by atoms with Crippen LogP contribution < -0.4 is 5.32 Å². The van der Waals surface area contributed by atoms with Crippen LogP contribution in [0.1, 0.15) is 29.7 Å². The molecule has 116 valence electrons. The monoisotopic (exact) mass is 336 g/mol. The molecule has 0 unspecified atom stereocenters. The first-order chi connectivity index (χ1) is 10.6. The van der Waals surface area contributed by atoms with Crippen LogP contribution in [0.3, 0.4) is 0 Å². The maximum absolute atomic E-state index is 11.9. The summed E-state index contributed by atoms with van der Waals surface area (Å²) in [5, 5.41) is 14.6. The number of nitrogens with one attached hydrogen (secondary N) is 1. The Hall–Kier alpha value is -1.78. The summed E-state index contributed by atoms with van der Waals surface area (Å²) in [5.74, 6) is -0.655. The molecule has 2 heterocycles. The minimum absolute atomic E-state index is 0.0742. The summed E-state index contributed by atoms with van der Waals surface area (Å²) >= 11 is 2.69. The van der Waals surface area contributed by atoms with E-state index in [0.717, 1.165) is 22.2 Å². The molecule has 22 heavy (non-hydrogen) atoms. The van der Waals surface area contributed by atoms with Gasteiger partial charge in [-0.15, -0.1) is 11.3 Å². The van der Waals surface area contributed by atoms with Gasteiger partial charge in [0, 0.05) is 17.2 Å². The van der Waals surface area contributed by atoms with Gasteiger partial charge in [0.05, 0.1) is 29.0 Å². The van der Waals surface area contributed by atoms with E-state index in [9.17, 15) is 14.9 Å². The van der Waals surface area contributed by atoms with Gasteiger partial charge in [-0.05, 0) is 30.9 Å². The van der Waals surface area contributed by atoms with E-state index < -0.39 is 0 Å². The van der Waals surface area contributed by atoms with E-state index in [1.54, 1.807) is 18.3 Å². The van der Waals surface area contributed by atoms with Gasteiger partial charge in [-0.1, -0.05) is 11.8 Å². The third-order valence-electron chi connectivity index (χ3n) is 3.21. The number of thiophene rings is 1. The maximum Gasteiger partial charge on any atom is 0.316 e. The zero-order chi connectivity index (χ0) is 16.1. The second kappa shape index (κ2) is 7.47. The standard InChI is InChI=1S/C15H16N2O3S2/c1-3-20-13(19)8-22-15-11(7-16)10(6-12(18)17-15)14-9(2)4-5-21-14/h4-5,10H,3,6,8H2,1-2H3,(H,17,18)/t10-/m1/s1. The molecule has 0 aliphatic carbocycles. The Kier molecular flexibility index (Phi) is 5.63. The zero-order valence-corrected chi connectivity index (χ0v) is 14.0. The number of hydrogen-bond acceptors (Lipinski definition) is 6. The molecule has 1 N–H and O–H groups in total. The smallest absolute Gasteiger partial charge is 0.316 e. The van der Waals surface area contributed by atoms with Crippen molar-refractivity contribution in [3.05, 3.63) is 32.5 Å². The third-order valence-corrected chi connectivity index (χ3v) is 5.34. The van der Waals surface area contributed by atoms with Crippen LogP contribution in [0, 0.1) is 18.3 Å². The van der Waals surface area contributed by atoms with Gasteiger partial charge in [-0.25, -0.2) is 0 Å². The van der Waals surface area contributed by atoms with Crippen LogP contribution in [-0.2, 0) is 14.3 Å². The number of nitrogens with zero attached hydrogens (tertiary/aromatic N) is 1. The van der Waals surface area contributed by atoms with E-state index in [4.69, 9.17) is 4.74 Å². The summed E-state index contributed by atoms with van der Waals surface area (Å²) in [7, 11) is 0. The molecule has 1 aliphatic rings. The molecule has 1 aromatic rings. The first-order valence-corrected chi connectivity index (χ1v) is 8.69. The second-order valence-corrected chi connectivity index (χ2v) is 6.65. The van der Waals surface area contributed by atoms with Crippen LogP contribution in [0.2, 0.25) is 0 Å². The highest BCUT2D eigenvalue weighted by atomic mass is 32.2. The topological polar surface area (TPSA) is 79.2 Å². The summed E-state index contributed by atoms with van der Waals surface area (Å²) in [6.07, 6.45) is 0.258. The van der Waals surface area contributed by atoms with Crippen molar-refractivity contribution < 1.29 is 14.3 Å². The van der Waals surface area contributed by atoms with Crippen molar-refractivity contribution in [1.29, 1.82) is 5.26 Å². The van der Waals surface area contributed by atoms with Crippen LogP contribution >= 0.6 is 23.1 Å². The second-order valence-electron chi connectivity index (χ2n) is 4.72. The summed E-state index contributed by atoms with van der Waals surface area (Å²) in [5.41, 5.74) is 1.59. The fourth-order valence-electron chi connectivity index (χ4n) is 2.23. The van der Waals surface area contributed by atoms with Crippen molar-refractivity contribution in [2.24, 2.45) is 0 Å². The molecule has 0 saturated heterocycles. The Balaban J connectivity index is 2.26. The molecular weight excluding hydrogens is 320 g/mol. The normalized spacial score (nSPS) is 17.9. The van der Waals surface area contributed by atoms with Crippen molar-refractivity contribution in [2.75, 3.05) is 12.4 Å². The van der Waals surface area contributed by atoms with Gasteiger partial charge >= 0.3 is 5.97 Å². The number of carbonyl (C=O) groups excluding carboxylic acids is 2. The van der Waals surface area contributed by atoms with Gasteiger partial charge in [-0.3, -0.25) is 9.59 Å². The van der Waals surface area contributed by atoms with Gasteiger partial charge in [0.15, 0.2) is 0 Å². The lowest BCUT2D eigenvalue weighted by molar-refractivity contribution is -0.139. The summed E-state index contributed by atoms with van der Waals surface area (Å²) < 4.78 is 4.87. The molecule has 5 nitrogen and oxygen atoms in total. The number of thioether (sulfide) groups is 1. The highest BCUT2D eigenvalue weighted by Crippen LogP contribution is 2.39. The molecule has 0 aromatic carbocycles. The van der Waals surface area contributed by atoms with E-state index >= 15 is 0 Å². The Morgan fingerprint density at radius 3 is 3.00 bits per heavy atom. The summed E-state index contributed by atoms with van der Waals surface area (Å²) in [4.78, 5) is 24.4. The fraction of sp³-hybridized carbons (Fsp3) is 0.400. The number of esters is 1. The van der Waals surface area contributed by atoms with Crippen molar-refractivity contribution >= 4 is 35.0 Å². The van der Waals surface area contributed by atoms with Crippen molar-refractivity contribution in [3.63, 3.8) is 0 Å². The van der Waals surface area contributed by atoms with Gasteiger partial charge in [0.25, 0.3) is 0 Å². The van der Waals surface area contributed by atoms with Gasteiger partial charge < -0.3 is 10.1 Å². The lowest BCUT2D eigenvalue weighted by atomic mass is 9.91. The Bertz CT molecular complexity index is 658. The number of nitriles is 1. The van der Waals surface area contributed by atoms with Gasteiger partial charge in [0.2, 0.25) is 5.91 Å². The van der Waals surface area contributed by atoms with Crippen molar-refractivity contribution in [3.8, 4) is 6.07 Å². The van der Waals surface area contributed by atoms with Crippen LogP contribution in [0.5, 0.6) is 0 Å². The Morgan fingerprint density at radius 1 is 1.64 bits per heavy atom. The number of amides is 1. The van der Waals surface area contributed by atoms with Crippen LogP contribution in [0.25, 0.3) is 0 Å². The molecule has 0 bridgehead atoms. The molecule has 0 fully saturated rings. The molecule has 1 aliphatic heterocycles. The predicted molar refractivity (Wildman–Crippen MR) is 86.3 cm³/mol. The van der Waals surface area contributed by atoms with Gasteiger partial charge in [-0.2, -0.15) is 5.26 Å². The fourth-order valence-corrected chi connectivity index (χ4v) is 4.15. The number of carbonyl (C=O) groups is 2. The average Bonchev–Trinajstić information content (AvgIpc) is 2.90. The van der Waals surface area contributed by atoms with Crippen LogP contribution in [-0.4, -0.2) is 24.2 Å². The lowest BCUT2D eigenvalue weighted by Crippen LogP contribution is -2.31. The van der Waals surface area contributed by atoms with Crippen LogP contribution in [0.4, 0.5) is 0 Å². The SMILES string of the molecule is CCOC(=O)CSC1=C(C#N)[C@H](c2sccc2C)CC(=O)N1. The average molecular weight is 336 g/mol. The van der Waals surface area contributed by atoms with E-state index in [1.165, 1.54) is 0 Å². The number of ether oxygens (including phenoxy) is 1. The van der Waals surface area contributed by atoms with Gasteiger partial charge in [0.1, 0.15) is 0 Å². The van der Waals surface area contributed by atoms with Crippen molar-refractivity contribution in [1.82, 2.24) is 5.32 Å². The third kappa shape index (κ3) is 3.70. The Morgan fingerprint density at radius 2 is 2.41 bits per heavy atom. The summed E-state index contributed by atoms with van der Waals surface area (Å²) in [6.45, 7) is 4.02. The number of aryl methyl sites for hydroxylation is 1. The predicted octanol–water partition coefficient (Wildman–Crippen LogP) is 2.69. The maximum atomic E-state index is 11.9. The number of hydrogen-bond donors (Lipinski definition) is 1. The molecule has 1 atom stereocenters. The minimum atomic E-state index is -0.360. The molecule has 1 amide bonds. The molecule has 2 rings (SSSR count). The lowest BCUT2D eigenvalue weighted by Gasteiger charge is -2.24. The molecule has 7 heteroatoms. The highest BCUT2D eigenvalue weighted by molar-refractivity contribution is 8.03. The largest absolute Gasteiger partial charge is 0.465 e. The molecule has 1 aromatic heterocycles. The first kappa shape index (κ1) is 16.6. The van der Waals surface area contributed by atoms with E-state index in [-0.39, 0.29) is 30.0 Å². The number of rotatable bonds is 5. The van der Waals surface area contributed by atoms with Crippen LogP contribution in [0.15, 0.2) is 22.0 Å². The minimum Gasteiger partial charge on any atom is -0.465 e. The first-order valence-electron chi connectivity index (χ1n) is 6.83. The van der Waals surface area contributed by atoms with E-state index in [0.29, 0.717) is 17.2 Å². The highest BCUT2D eigenvalue weighted by Gasteiger charge is 2.31. The molecule has 0 radical (unpaired) electrons. The Labute approximate surface area is 137 Å². The van der Waals surface area contributed by atoms with Crippen molar-refractivity contribution in [2.45, 2.75) is 26.2 Å². The quantitative estimate of drug-likeness (QED) is 0.836. The zero-order valence-electron chi connectivity index (χ0n) is 12.3. The number of allylic oxidation sites excluding steroid dienone is 1.